The molecule has 0 saturated heterocycles. The Kier molecular flexibility index (Phi) is 5.64. The van der Waals surface area contributed by atoms with Gasteiger partial charge in [-0.2, -0.15) is 0 Å². The van der Waals surface area contributed by atoms with E-state index in [4.69, 9.17) is 4.74 Å². The van der Waals surface area contributed by atoms with Crippen molar-refractivity contribution in [1.29, 1.82) is 0 Å². The Balaban J connectivity index is 1.48. The van der Waals surface area contributed by atoms with E-state index in [1.807, 2.05) is 30.5 Å². The second kappa shape index (κ2) is 8.49. The Hall–Kier alpha value is -2.46. The maximum absolute atomic E-state index is 5.36. The van der Waals surface area contributed by atoms with Crippen LogP contribution in [-0.4, -0.2) is 18.3 Å². The number of methoxy groups -OCH3 is 1. The Morgan fingerprint density at radius 2 is 1.81 bits per heavy atom. The summed E-state index contributed by atoms with van der Waals surface area (Å²) in [4.78, 5) is 9.20. The molecular weight excluding hydrogens is 352 g/mol. The van der Waals surface area contributed by atoms with Crippen molar-refractivity contribution in [3.05, 3.63) is 65.0 Å². The van der Waals surface area contributed by atoms with Gasteiger partial charge in [-0.05, 0) is 36.5 Å². The number of benzene rings is 2. The highest BCUT2D eigenvalue weighted by Gasteiger charge is 2.15. The summed E-state index contributed by atoms with van der Waals surface area (Å²) in [6, 6.07) is 16.8. The van der Waals surface area contributed by atoms with Crippen molar-refractivity contribution in [3.8, 4) is 17.0 Å². The van der Waals surface area contributed by atoms with Gasteiger partial charge in [-0.15, -0.1) is 11.3 Å². The average Bonchev–Trinajstić information content (AvgIpc) is 3.22. The fraction of sp³-hybridized carbons (Fsp3) is 0.304. The molecule has 3 nitrogen and oxygen atoms in total. The largest absolute Gasteiger partial charge is 0.496 e. The number of rotatable bonds is 5. The molecule has 0 aliphatic heterocycles. The maximum atomic E-state index is 5.36. The van der Waals surface area contributed by atoms with Crippen LogP contribution in [0.25, 0.3) is 11.3 Å². The monoisotopic (exact) mass is 376 g/mol. The molecular formula is C23H24N2OS. The lowest BCUT2D eigenvalue weighted by molar-refractivity contribution is 0.414. The van der Waals surface area contributed by atoms with Crippen molar-refractivity contribution >= 4 is 22.7 Å². The minimum absolute atomic E-state index is 0.740. The van der Waals surface area contributed by atoms with Gasteiger partial charge in [0.2, 0.25) is 5.13 Å². The first-order valence-electron chi connectivity index (χ1n) is 9.56. The average molecular weight is 377 g/mol. The fourth-order valence-corrected chi connectivity index (χ4v) is 4.39. The molecule has 3 aromatic rings. The normalized spacial score (nSPS) is 15.3. The van der Waals surface area contributed by atoms with Crippen LogP contribution >= 0.6 is 11.3 Å². The zero-order chi connectivity index (χ0) is 18.5. The van der Waals surface area contributed by atoms with Gasteiger partial charge in [0.1, 0.15) is 5.75 Å². The molecule has 1 aliphatic carbocycles. The van der Waals surface area contributed by atoms with Crippen LogP contribution in [0.4, 0.5) is 5.13 Å². The SMILES string of the molecule is COc1ccccc1C=Nc1nc(-c2ccc(C3CCCCC3)cc2)cs1. The summed E-state index contributed by atoms with van der Waals surface area (Å²) in [5.74, 6) is 1.56. The van der Waals surface area contributed by atoms with E-state index >= 15 is 0 Å². The molecule has 1 heterocycles. The highest BCUT2D eigenvalue weighted by atomic mass is 32.1. The summed E-state index contributed by atoms with van der Waals surface area (Å²) >= 11 is 1.56. The number of ether oxygens (including phenoxy) is 1. The smallest absolute Gasteiger partial charge is 0.209 e. The third kappa shape index (κ3) is 4.28. The van der Waals surface area contributed by atoms with Crippen LogP contribution in [-0.2, 0) is 0 Å². The van der Waals surface area contributed by atoms with Crippen LogP contribution in [0.15, 0.2) is 58.9 Å². The Morgan fingerprint density at radius 1 is 1.04 bits per heavy atom. The van der Waals surface area contributed by atoms with Crippen LogP contribution in [0.1, 0.15) is 49.1 Å². The van der Waals surface area contributed by atoms with Gasteiger partial charge in [0.15, 0.2) is 0 Å². The van der Waals surface area contributed by atoms with E-state index in [0.29, 0.717) is 0 Å². The van der Waals surface area contributed by atoms with E-state index in [1.165, 1.54) is 37.7 Å². The number of aliphatic imine (C=N–C) groups is 1. The highest BCUT2D eigenvalue weighted by Crippen LogP contribution is 2.34. The van der Waals surface area contributed by atoms with E-state index in [-0.39, 0.29) is 0 Å². The molecule has 4 rings (SSSR count). The summed E-state index contributed by atoms with van der Waals surface area (Å²) in [5.41, 5.74) is 4.57. The van der Waals surface area contributed by atoms with Gasteiger partial charge in [0, 0.05) is 22.7 Å². The van der Waals surface area contributed by atoms with Gasteiger partial charge in [0.25, 0.3) is 0 Å². The molecule has 0 amide bonds. The Bertz CT molecular complexity index is 908. The number of hydrogen-bond acceptors (Lipinski definition) is 4. The van der Waals surface area contributed by atoms with Gasteiger partial charge in [-0.3, -0.25) is 0 Å². The van der Waals surface area contributed by atoms with Crippen LogP contribution in [0.3, 0.4) is 0 Å². The highest BCUT2D eigenvalue weighted by molar-refractivity contribution is 7.13. The summed E-state index contributed by atoms with van der Waals surface area (Å²) in [5, 5.41) is 2.83. The van der Waals surface area contributed by atoms with Gasteiger partial charge < -0.3 is 4.74 Å². The van der Waals surface area contributed by atoms with Crippen molar-refractivity contribution in [2.24, 2.45) is 4.99 Å². The summed E-state index contributed by atoms with van der Waals surface area (Å²) < 4.78 is 5.36. The van der Waals surface area contributed by atoms with Crippen LogP contribution in [0.2, 0.25) is 0 Å². The molecule has 0 radical (unpaired) electrons. The second-order valence-electron chi connectivity index (χ2n) is 6.97. The summed E-state index contributed by atoms with van der Waals surface area (Å²) in [7, 11) is 1.67. The van der Waals surface area contributed by atoms with E-state index in [9.17, 15) is 0 Å². The fourth-order valence-electron chi connectivity index (χ4n) is 3.72. The van der Waals surface area contributed by atoms with Crippen molar-refractivity contribution in [3.63, 3.8) is 0 Å². The Morgan fingerprint density at radius 3 is 2.59 bits per heavy atom. The zero-order valence-corrected chi connectivity index (χ0v) is 16.4. The molecule has 1 fully saturated rings. The standard InChI is InChI=1S/C23H24N2OS/c1-26-22-10-6-5-9-20(22)15-24-23-25-21(16-27-23)19-13-11-18(12-14-19)17-7-3-2-4-8-17/h5-6,9-17H,2-4,7-8H2,1H3. The number of para-hydroxylation sites is 1. The number of aromatic nitrogens is 1. The van der Waals surface area contributed by atoms with E-state index in [2.05, 4.69) is 39.6 Å². The number of hydrogen-bond donors (Lipinski definition) is 0. The molecule has 0 atom stereocenters. The first-order chi connectivity index (χ1) is 13.3. The Labute approximate surface area is 164 Å². The zero-order valence-electron chi connectivity index (χ0n) is 15.6. The van der Waals surface area contributed by atoms with Crippen LogP contribution in [0, 0.1) is 0 Å². The molecule has 4 heteroatoms. The molecule has 2 aromatic carbocycles. The molecule has 1 aromatic heterocycles. The third-order valence-corrected chi connectivity index (χ3v) is 5.98. The van der Waals surface area contributed by atoms with Crippen LogP contribution < -0.4 is 4.74 Å². The minimum Gasteiger partial charge on any atom is -0.496 e. The molecule has 0 unspecified atom stereocenters. The quantitative estimate of drug-likeness (QED) is 0.469. The lowest BCUT2D eigenvalue weighted by atomic mass is 9.84. The molecule has 27 heavy (non-hydrogen) atoms. The molecule has 1 aliphatic rings. The van der Waals surface area contributed by atoms with Crippen molar-refractivity contribution in [2.75, 3.05) is 7.11 Å². The predicted molar refractivity (Wildman–Crippen MR) is 114 cm³/mol. The van der Waals surface area contributed by atoms with Gasteiger partial charge in [-0.1, -0.05) is 55.7 Å². The van der Waals surface area contributed by atoms with E-state index in [1.54, 1.807) is 18.4 Å². The summed E-state index contributed by atoms with van der Waals surface area (Å²) in [6.07, 6.45) is 8.60. The second-order valence-corrected chi connectivity index (χ2v) is 7.81. The van der Waals surface area contributed by atoms with Crippen molar-refractivity contribution in [1.82, 2.24) is 4.98 Å². The molecule has 0 N–H and O–H groups in total. The van der Waals surface area contributed by atoms with Crippen molar-refractivity contribution in [2.45, 2.75) is 38.0 Å². The molecule has 0 bridgehead atoms. The molecule has 1 saturated carbocycles. The summed E-state index contributed by atoms with van der Waals surface area (Å²) in [6.45, 7) is 0. The van der Waals surface area contributed by atoms with E-state index in [0.717, 1.165) is 33.6 Å². The van der Waals surface area contributed by atoms with Gasteiger partial charge in [0.05, 0.1) is 12.8 Å². The predicted octanol–water partition coefficient (Wildman–Crippen LogP) is 6.62. The third-order valence-electron chi connectivity index (χ3n) is 5.23. The first kappa shape index (κ1) is 17.9. The molecule has 138 valence electrons. The van der Waals surface area contributed by atoms with E-state index < -0.39 is 0 Å². The topological polar surface area (TPSA) is 34.5 Å². The number of thiazole rings is 1. The lowest BCUT2D eigenvalue weighted by Gasteiger charge is -2.22. The van der Waals surface area contributed by atoms with Crippen LogP contribution in [0.5, 0.6) is 5.75 Å². The number of nitrogens with zero attached hydrogens (tertiary/aromatic N) is 2. The van der Waals surface area contributed by atoms with Gasteiger partial charge in [-0.25, -0.2) is 9.98 Å². The lowest BCUT2D eigenvalue weighted by Crippen LogP contribution is -2.04. The minimum atomic E-state index is 0.740. The maximum Gasteiger partial charge on any atom is 0.209 e. The molecule has 0 spiro atoms. The first-order valence-corrected chi connectivity index (χ1v) is 10.4. The van der Waals surface area contributed by atoms with Gasteiger partial charge >= 0.3 is 0 Å². The van der Waals surface area contributed by atoms with Crippen molar-refractivity contribution < 1.29 is 4.74 Å².